The maximum atomic E-state index is 12.6. The molecule has 7 nitrogen and oxygen atoms in total. The number of carbonyl (C=O) groups excluding carboxylic acids is 1. The molecule has 4 rings (SSSR count). The molecule has 34 heavy (non-hydrogen) atoms. The lowest BCUT2D eigenvalue weighted by atomic mass is 10.0. The second-order valence-electron chi connectivity index (χ2n) is 9.33. The van der Waals surface area contributed by atoms with Crippen molar-refractivity contribution in [2.45, 2.75) is 46.1 Å². The molecule has 1 atom stereocenters. The van der Waals surface area contributed by atoms with Crippen LogP contribution in [0.5, 0.6) is 0 Å². The predicted octanol–water partition coefficient (Wildman–Crippen LogP) is 4.56. The van der Waals surface area contributed by atoms with E-state index in [0.717, 1.165) is 42.4 Å². The van der Waals surface area contributed by atoms with E-state index < -0.39 is 0 Å². The average molecular weight is 466 g/mol. The van der Waals surface area contributed by atoms with Crippen LogP contribution in [-0.4, -0.2) is 48.6 Å². The molecule has 1 N–H and O–H groups in total. The van der Waals surface area contributed by atoms with E-state index in [0.29, 0.717) is 44.4 Å². The Morgan fingerprint density at radius 1 is 1.09 bits per heavy atom. The molecule has 2 aromatic heterocycles. The third kappa shape index (κ3) is 6.58. The second kappa shape index (κ2) is 11.5. The molecule has 1 amide bonds. The summed E-state index contributed by atoms with van der Waals surface area (Å²) in [5.41, 5.74) is 2.31. The van der Waals surface area contributed by atoms with Crippen molar-refractivity contribution >= 4 is 5.91 Å². The number of amides is 1. The fourth-order valence-electron chi connectivity index (χ4n) is 4.29. The van der Waals surface area contributed by atoms with Crippen molar-refractivity contribution in [1.29, 1.82) is 0 Å². The van der Waals surface area contributed by atoms with E-state index in [1.165, 1.54) is 5.56 Å². The first-order valence-corrected chi connectivity index (χ1v) is 12.2. The molecule has 3 heterocycles. The lowest BCUT2D eigenvalue weighted by Crippen LogP contribution is -2.43. The highest BCUT2D eigenvalue weighted by atomic mass is 16.5. The van der Waals surface area contributed by atoms with Crippen molar-refractivity contribution in [2.24, 2.45) is 5.92 Å². The van der Waals surface area contributed by atoms with Crippen molar-refractivity contribution in [1.82, 2.24) is 15.2 Å². The third-order valence-corrected chi connectivity index (χ3v) is 6.07. The number of ether oxygens (including phenoxy) is 1. The Hall–Kier alpha value is -2.90. The zero-order valence-corrected chi connectivity index (χ0v) is 20.4. The van der Waals surface area contributed by atoms with E-state index in [9.17, 15) is 4.79 Å². The summed E-state index contributed by atoms with van der Waals surface area (Å²) in [5.74, 6) is 3.64. The highest BCUT2D eigenvalue weighted by Gasteiger charge is 2.25. The van der Waals surface area contributed by atoms with Crippen molar-refractivity contribution < 1.29 is 18.4 Å². The summed E-state index contributed by atoms with van der Waals surface area (Å²) < 4.78 is 17.3. The van der Waals surface area contributed by atoms with Crippen LogP contribution in [0.25, 0.3) is 11.3 Å². The molecule has 0 saturated carbocycles. The van der Waals surface area contributed by atoms with Gasteiger partial charge in [0, 0.05) is 38.0 Å². The number of nitrogens with one attached hydrogen (secondary N) is 1. The Bertz CT molecular complexity index is 1050. The zero-order chi connectivity index (χ0) is 23.9. The number of nitrogens with zero attached hydrogens (tertiary/aromatic N) is 2. The molecule has 1 saturated heterocycles. The molecule has 3 aromatic rings. The quantitative estimate of drug-likeness (QED) is 0.473. The smallest absolute Gasteiger partial charge is 0.220 e. The van der Waals surface area contributed by atoms with Crippen LogP contribution in [0.1, 0.15) is 49.3 Å². The van der Waals surface area contributed by atoms with Crippen LogP contribution in [0.4, 0.5) is 0 Å². The number of oxazole rings is 1. The minimum atomic E-state index is -0.0284. The molecule has 1 fully saturated rings. The highest BCUT2D eigenvalue weighted by Crippen LogP contribution is 2.24. The molecule has 0 bridgehead atoms. The molecule has 182 valence electrons. The van der Waals surface area contributed by atoms with Gasteiger partial charge in [-0.1, -0.05) is 38.1 Å². The minimum absolute atomic E-state index is 0.00596. The van der Waals surface area contributed by atoms with Crippen LogP contribution >= 0.6 is 0 Å². The summed E-state index contributed by atoms with van der Waals surface area (Å²) in [6.07, 6.45) is 3.57. The van der Waals surface area contributed by atoms with Crippen LogP contribution in [0.15, 0.2) is 51.4 Å². The lowest BCUT2D eigenvalue weighted by Gasteiger charge is -2.33. The molecule has 1 aliphatic rings. The van der Waals surface area contributed by atoms with Gasteiger partial charge in [-0.2, -0.15) is 0 Å². The summed E-state index contributed by atoms with van der Waals surface area (Å²) in [5, 5.41) is 3.07. The topological polar surface area (TPSA) is 80.7 Å². The summed E-state index contributed by atoms with van der Waals surface area (Å²) >= 11 is 0. The Morgan fingerprint density at radius 3 is 2.53 bits per heavy atom. The first-order chi connectivity index (χ1) is 16.5. The molecule has 0 aliphatic carbocycles. The van der Waals surface area contributed by atoms with Gasteiger partial charge in [0.2, 0.25) is 5.91 Å². The third-order valence-electron chi connectivity index (χ3n) is 6.07. The van der Waals surface area contributed by atoms with E-state index in [1.54, 1.807) is 6.20 Å². The average Bonchev–Trinajstić information content (AvgIpc) is 3.48. The van der Waals surface area contributed by atoms with Gasteiger partial charge in [-0.3, -0.25) is 9.69 Å². The van der Waals surface area contributed by atoms with Crippen LogP contribution in [0.3, 0.4) is 0 Å². The van der Waals surface area contributed by atoms with Crippen molar-refractivity contribution in [3.63, 3.8) is 0 Å². The van der Waals surface area contributed by atoms with E-state index in [-0.39, 0.29) is 11.9 Å². The van der Waals surface area contributed by atoms with Gasteiger partial charge >= 0.3 is 0 Å². The van der Waals surface area contributed by atoms with Crippen LogP contribution in [0.2, 0.25) is 0 Å². The van der Waals surface area contributed by atoms with E-state index in [2.05, 4.69) is 53.3 Å². The Kier molecular flexibility index (Phi) is 8.19. The number of furan rings is 1. The monoisotopic (exact) mass is 465 g/mol. The number of hydrogen-bond donors (Lipinski definition) is 1. The van der Waals surface area contributed by atoms with Gasteiger partial charge in [-0.05, 0) is 37.0 Å². The number of carbonyl (C=O) groups is 1. The number of aromatic nitrogens is 1. The van der Waals surface area contributed by atoms with E-state index in [4.69, 9.17) is 13.6 Å². The molecule has 1 unspecified atom stereocenters. The number of rotatable bonds is 10. The van der Waals surface area contributed by atoms with Gasteiger partial charge in [0.1, 0.15) is 11.5 Å². The van der Waals surface area contributed by atoms with Crippen LogP contribution in [0, 0.1) is 12.8 Å². The van der Waals surface area contributed by atoms with Gasteiger partial charge in [0.05, 0.1) is 25.5 Å². The number of morpholine rings is 1. The molecule has 0 radical (unpaired) electrons. The summed E-state index contributed by atoms with van der Waals surface area (Å²) in [6.45, 7) is 9.87. The fraction of sp³-hybridized carbons (Fsp3) is 0.481. The minimum Gasteiger partial charge on any atom is -0.465 e. The molecule has 0 spiro atoms. The van der Waals surface area contributed by atoms with Crippen molar-refractivity contribution in [3.8, 4) is 11.3 Å². The first-order valence-electron chi connectivity index (χ1n) is 12.2. The van der Waals surface area contributed by atoms with Gasteiger partial charge < -0.3 is 18.9 Å². The largest absolute Gasteiger partial charge is 0.465 e. The Morgan fingerprint density at radius 2 is 1.85 bits per heavy atom. The fourth-order valence-corrected chi connectivity index (χ4v) is 4.29. The molecule has 7 heteroatoms. The molecular formula is C27H35N3O4. The van der Waals surface area contributed by atoms with Crippen molar-refractivity contribution in [2.75, 3.05) is 32.8 Å². The van der Waals surface area contributed by atoms with Crippen molar-refractivity contribution in [3.05, 3.63) is 65.6 Å². The Labute approximate surface area is 201 Å². The van der Waals surface area contributed by atoms with Crippen LogP contribution < -0.4 is 5.32 Å². The standard InChI is InChI=1S/C27H35N3O4/c1-19(2)16-21-5-7-22(8-6-21)25-18-29-27(34-25)11-10-26(31)28-17-23(24-9-4-20(3)33-24)30-12-14-32-15-13-30/h4-9,18-19,23H,10-17H2,1-3H3,(H,28,31). The summed E-state index contributed by atoms with van der Waals surface area (Å²) in [4.78, 5) is 19.3. The maximum Gasteiger partial charge on any atom is 0.220 e. The number of hydrogen-bond acceptors (Lipinski definition) is 6. The van der Waals surface area contributed by atoms with Gasteiger partial charge in [0.15, 0.2) is 11.7 Å². The highest BCUT2D eigenvalue weighted by molar-refractivity contribution is 5.76. The predicted molar refractivity (Wildman–Crippen MR) is 130 cm³/mol. The van der Waals surface area contributed by atoms with Gasteiger partial charge in [0.25, 0.3) is 0 Å². The number of benzene rings is 1. The number of aryl methyl sites for hydroxylation is 2. The SMILES string of the molecule is Cc1ccc(C(CNC(=O)CCc2ncc(-c3ccc(CC(C)C)cc3)o2)N2CCOCC2)o1. The lowest BCUT2D eigenvalue weighted by molar-refractivity contribution is -0.121. The normalized spacial score (nSPS) is 15.5. The van der Waals surface area contributed by atoms with E-state index >= 15 is 0 Å². The first kappa shape index (κ1) is 24.2. The van der Waals surface area contributed by atoms with E-state index in [1.807, 2.05) is 19.1 Å². The molecular weight excluding hydrogens is 430 g/mol. The van der Waals surface area contributed by atoms with Gasteiger partial charge in [-0.15, -0.1) is 0 Å². The zero-order valence-electron chi connectivity index (χ0n) is 20.4. The molecule has 1 aliphatic heterocycles. The van der Waals surface area contributed by atoms with Gasteiger partial charge in [-0.25, -0.2) is 4.98 Å². The summed E-state index contributed by atoms with van der Waals surface area (Å²) in [7, 11) is 0. The molecule has 1 aromatic carbocycles. The summed E-state index contributed by atoms with van der Waals surface area (Å²) in [6, 6.07) is 12.3. The maximum absolute atomic E-state index is 12.6. The van der Waals surface area contributed by atoms with Crippen LogP contribution in [-0.2, 0) is 22.4 Å². The Balaban J connectivity index is 1.29. The second-order valence-corrected chi connectivity index (χ2v) is 9.33.